The van der Waals surface area contributed by atoms with Crippen molar-refractivity contribution in [2.24, 2.45) is 0 Å². The lowest BCUT2D eigenvalue weighted by atomic mass is 10.0. The summed E-state index contributed by atoms with van der Waals surface area (Å²) in [5.41, 5.74) is 3.95. The van der Waals surface area contributed by atoms with E-state index in [2.05, 4.69) is 15.7 Å². The number of fused-ring (bicyclic) bond motifs is 2. The van der Waals surface area contributed by atoms with E-state index in [9.17, 15) is 4.79 Å². The molecule has 29 heavy (non-hydrogen) atoms. The van der Waals surface area contributed by atoms with Crippen molar-refractivity contribution in [1.82, 2.24) is 20.1 Å². The van der Waals surface area contributed by atoms with E-state index >= 15 is 0 Å². The van der Waals surface area contributed by atoms with Crippen LogP contribution in [0.1, 0.15) is 27.7 Å². The molecule has 144 valence electrons. The maximum absolute atomic E-state index is 12.9. The molecule has 2 aromatic carbocycles. The van der Waals surface area contributed by atoms with Gasteiger partial charge in [0.25, 0.3) is 5.91 Å². The van der Waals surface area contributed by atoms with Crippen LogP contribution in [0.4, 0.5) is 5.82 Å². The first-order chi connectivity index (χ1) is 14.2. The monoisotopic (exact) mass is 385 g/mol. The van der Waals surface area contributed by atoms with E-state index in [1.807, 2.05) is 61.5 Å². The highest BCUT2D eigenvalue weighted by atomic mass is 16.5. The van der Waals surface area contributed by atoms with Gasteiger partial charge in [0.15, 0.2) is 5.65 Å². The molecule has 0 saturated carbocycles. The highest BCUT2D eigenvalue weighted by molar-refractivity contribution is 6.06. The number of rotatable bonds is 3. The number of aromatic nitrogens is 3. The number of carbonyl (C=O) groups is 1. The summed E-state index contributed by atoms with van der Waals surface area (Å²) in [6.45, 7) is 1.93. The summed E-state index contributed by atoms with van der Waals surface area (Å²) < 4.78 is 7.01. The zero-order valence-corrected chi connectivity index (χ0v) is 16.0. The molecule has 2 N–H and O–H groups in total. The van der Waals surface area contributed by atoms with Gasteiger partial charge in [-0.05, 0) is 42.3 Å². The first-order valence-electron chi connectivity index (χ1n) is 9.31. The Kier molecular flexibility index (Phi) is 3.94. The minimum Gasteiger partial charge on any atom is -0.497 e. The fraction of sp³-hybridized carbons (Fsp3) is 0.136. The quantitative estimate of drug-likeness (QED) is 0.563. The van der Waals surface area contributed by atoms with Gasteiger partial charge in [0, 0.05) is 5.39 Å². The number of hydrogen-bond acceptors (Lipinski definition) is 5. The number of ether oxygens (including phenoxy) is 1. The Labute approximate surface area is 167 Å². The Hall–Kier alpha value is -3.87. The number of carbonyl (C=O) groups excluding carboxylic acids is 1. The van der Waals surface area contributed by atoms with Gasteiger partial charge in [-0.3, -0.25) is 4.79 Å². The van der Waals surface area contributed by atoms with Crippen molar-refractivity contribution in [3.8, 4) is 11.4 Å². The van der Waals surface area contributed by atoms with Crippen molar-refractivity contribution in [3.05, 3.63) is 77.5 Å². The van der Waals surface area contributed by atoms with Crippen LogP contribution in [0.15, 0.2) is 60.8 Å². The number of aryl methyl sites for hydroxylation is 1. The smallest absolute Gasteiger partial charge is 0.257 e. The summed E-state index contributed by atoms with van der Waals surface area (Å²) in [4.78, 5) is 17.7. The maximum Gasteiger partial charge on any atom is 0.257 e. The Morgan fingerprint density at radius 2 is 1.79 bits per heavy atom. The summed E-state index contributed by atoms with van der Waals surface area (Å²) in [7, 11) is 1.62. The van der Waals surface area contributed by atoms with Crippen LogP contribution in [0.3, 0.4) is 0 Å². The van der Waals surface area contributed by atoms with Crippen LogP contribution in [0, 0.1) is 6.92 Å². The lowest BCUT2D eigenvalue weighted by molar-refractivity contribution is 0.0934. The highest BCUT2D eigenvalue weighted by Crippen LogP contribution is 2.32. The normalized spacial score (nSPS) is 15.5. The largest absolute Gasteiger partial charge is 0.497 e. The average Bonchev–Trinajstić information content (AvgIpc) is 3.18. The Bertz CT molecular complexity index is 1220. The predicted octanol–water partition coefficient (Wildman–Crippen LogP) is 3.59. The third-order valence-corrected chi connectivity index (χ3v) is 5.21. The number of amides is 1. The molecule has 0 bridgehead atoms. The van der Waals surface area contributed by atoms with E-state index in [0.29, 0.717) is 17.0 Å². The molecule has 0 radical (unpaired) electrons. The number of benzene rings is 2. The lowest BCUT2D eigenvalue weighted by Gasteiger charge is -2.28. The Morgan fingerprint density at radius 1 is 1.03 bits per heavy atom. The van der Waals surface area contributed by atoms with Gasteiger partial charge in [-0.2, -0.15) is 5.10 Å². The third kappa shape index (κ3) is 2.79. The van der Waals surface area contributed by atoms with Gasteiger partial charge < -0.3 is 15.4 Å². The van der Waals surface area contributed by atoms with Crippen molar-refractivity contribution in [1.29, 1.82) is 0 Å². The van der Waals surface area contributed by atoms with Crippen LogP contribution in [0.5, 0.6) is 5.75 Å². The number of nitrogens with zero attached hydrogens (tertiary/aromatic N) is 3. The van der Waals surface area contributed by atoms with Crippen LogP contribution in [0.25, 0.3) is 16.7 Å². The number of hydrogen-bond donors (Lipinski definition) is 2. The fourth-order valence-corrected chi connectivity index (χ4v) is 3.67. The number of nitrogens with one attached hydrogen (secondary N) is 2. The second-order valence-corrected chi connectivity index (χ2v) is 6.91. The van der Waals surface area contributed by atoms with Gasteiger partial charge >= 0.3 is 0 Å². The second kappa shape index (κ2) is 6.63. The number of methoxy groups -OCH3 is 1. The summed E-state index contributed by atoms with van der Waals surface area (Å²) in [5.74, 6) is 1.16. The van der Waals surface area contributed by atoms with Crippen LogP contribution in [-0.4, -0.2) is 27.8 Å². The van der Waals surface area contributed by atoms with E-state index in [0.717, 1.165) is 28.0 Å². The van der Waals surface area contributed by atoms with Crippen LogP contribution >= 0.6 is 0 Å². The van der Waals surface area contributed by atoms with Gasteiger partial charge in [0.1, 0.15) is 17.7 Å². The third-order valence-electron chi connectivity index (χ3n) is 5.21. The molecule has 2 aromatic heterocycles. The molecule has 4 aromatic rings. The molecule has 0 unspecified atom stereocenters. The van der Waals surface area contributed by atoms with E-state index in [4.69, 9.17) is 9.72 Å². The van der Waals surface area contributed by atoms with Crippen LogP contribution in [-0.2, 0) is 0 Å². The van der Waals surface area contributed by atoms with E-state index in [1.165, 1.54) is 0 Å². The van der Waals surface area contributed by atoms with Crippen molar-refractivity contribution in [2.75, 3.05) is 12.4 Å². The molecule has 1 aliphatic heterocycles. The SMILES string of the molecule is COc1ccc([C@H]2NC(=O)c3c(nc4c(cnn4-c4ccccc4)c3C)N2)cc1. The van der Waals surface area contributed by atoms with Gasteiger partial charge in [-0.15, -0.1) is 0 Å². The topological polar surface area (TPSA) is 81.1 Å². The molecule has 1 atom stereocenters. The molecular formula is C22H19N5O2. The molecule has 7 nitrogen and oxygen atoms in total. The Morgan fingerprint density at radius 3 is 2.52 bits per heavy atom. The predicted molar refractivity (Wildman–Crippen MR) is 110 cm³/mol. The molecule has 1 amide bonds. The zero-order chi connectivity index (χ0) is 20.0. The van der Waals surface area contributed by atoms with E-state index in [-0.39, 0.29) is 12.1 Å². The number of pyridine rings is 1. The van der Waals surface area contributed by atoms with Crippen molar-refractivity contribution in [2.45, 2.75) is 13.1 Å². The standard InChI is InChI=1S/C22H19N5O2/c1-13-17-12-23-27(15-6-4-3-5-7-15)21(17)25-20-18(13)22(28)26-19(24-20)14-8-10-16(29-2)11-9-14/h3-12,19H,1-2H3,(H,24,25)(H,26,28)/t19-/m1/s1. The number of anilines is 1. The average molecular weight is 385 g/mol. The first-order valence-corrected chi connectivity index (χ1v) is 9.31. The summed E-state index contributed by atoms with van der Waals surface area (Å²) in [5, 5.41) is 11.7. The lowest BCUT2D eigenvalue weighted by Crippen LogP contribution is -2.39. The van der Waals surface area contributed by atoms with Crippen LogP contribution in [0.2, 0.25) is 0 Å². The van der Waals surface area contributed by atoms with E-state index in [1.54, 1.807) is 18.0 Å². The van der Waals surface area contributed by atoms with Gasteiger partial charge in [0.05, 0.1) is 24.6 Å². The molecule has 0 aliphatic carbocycles. The second-order valence-electron chi connectivity index (χ2n) is 6.91. The number of para-hydroxylation sites is 1. The van der Waals surface area contributed by atoms with Gasteiger partial charge in [0.2, 0.25) is 0 Å². The molecule has 0 fully saturated rings. The zero-order valence-electron chi connectivity index (χ0n) is 16.0. The first kappa shape index (κ1) is 17.2. The van der Waals surface area contributed by atoms with E-state index < -0.39 is 0 Å². The highest BCUT2D eigenvalue weighted by Gasteiger charge is 2.29. The van der Waals surface area contributed by atoms with Gasteiger partial charge in [-0.25, -0.2) is 9.67 Å². The van der Waals surface area contributed by atoms with Crippen molar-refractivity contribution >= 4 is 22.8 Å². The summed E-state index contributed by atoms with van der Waals surface area (Å²) in [6.07, 6.45) is 1.38. The molecule has 5 rings (SSSR count). The Balaban J connectivity index is 1.61. The minimum atomic E-state index is -0.377. The molecule has 0 spiro atoms. The molecule has 3 heterocycles. The molecule has 0 saturated heterocycles. The van der Waals surface area contributed by atoms with Gasteiger partial charge in [-0.1, -0.05) is 30.3 Å². The molecule has 7 heteroatoms. The minimum absolute atomic E-state index is 0.154. The fourth-order valence-electron chi connectivity index (χ4n) is 3.67. The maximum atomic E-state index is 12.9. The molecule has 1 aliphatic rings. The summed E-state index contributed by atoms with van der Waals surface area (Å²) >= 11 is 0. The summed E-state index contributed by atoms with van der Waals surface area (Å²) in [6, 6.07) is 17.4. The van der Waals surface area contributed by atoms with Crippen molar-refractivity contribution < 1.29 is 9.53 Å². The van der Waals surface area contributed by atoms with Crippen molar-refractivity contribution in [3.63, 3.8) is 0 Å². The molecular weight excluding hydrogens is 366 g/mol. The van der Waals surface area contributed by atoms with Crippen LogP contribution < -0.4 is 15.4 Å².